The van der Waals surface area contributed by atoms with Crippen molar-refractivity contribution in [2.75, 3.05) is 0 Å². The van der Waals surface area contributed by atoms with Crippen LogP contribution in [0.15, 0.2) is 46.7 Å². The third-order valence-electron chi connectivity index (χ3n) is 2.82. The van der Waals surface area contributed by atoms with E-state index in [0.717, 1.165) is 11.3 Å². The van der Waals surface area contributed by atoms with E-state index in [1.54, 1.807) is 35.8 Å². The molecule has 0 saturated heterocycles. The summed E-state index contributed by atoms with van der Waals surface area (Å²) < 4.78 is 6.87. The number of carboxylic acid groups (broad SMARTS) is 1. The second-order valence-corrected chi connectivity index (χ2v) is 5.14. The lowest BCUT2D eigenvalue weighted by molar-refractivity contribution is 0.0697. The second kappa shape index (κ2) is 5.37. The van der Waals surface area contributed by atoms with Gasteiger partial charge >= 0.3 is 5.97 Å². The minimum absolute atomic E-state index is 0.0393. The summed E-state index contributed by atoms with van der Waals surface area (Å²) in [6.07, 6.45) is 1.64. The summed E-state index contributed by atoms with van der Waals surface area (Å²) in [5, 5.41) is 10.6. The molecular formula is C14H10N2O4S. The number of nitrogens with zero attached hydrogens (tertiary/aromatic N) is 2. The molecule has 21 heavy (non-hydrogen) atoms. The molecule has 3 aromatic heterocycles. The van der Waals surface area contributed by atoms with Gasteiger partial charge in [-0.1, -0.05) is 6.07 Å². The average Bonchev–Trinajstić information content (AvgIpc) is 2.94. The maximum atomic E-state index is 11.9. The van der Waals surface area contributed by atoms with Crippen molar-refractivity contribution in [1.29, 1.82) is 0 Å². The molecule has 6 nitrogen and oxygen atoms in total. The van der Waals surface area contributed by atoms with Gasteiger partial charge in [0.25, 0.3) is 5.56 Å². The van der Waals surface area contributed by atoms with Crippen LogP contribution < -0.4 is 10.3 Å². The van der Waals surface area contributed by atoms with Gasteiger partial charge in [0.1, 0.15) is 18.0 Å². The Morgan fingerprint density at radius 2 is 2.24 bits per heavy atom. The molecule has 3 heterocycles. The minimum Gasteiger partial charge on any atom is -0.485 e. The number of pyridine rings is 1. The summed E-state index contributed by atoms with van der Waals surface area (Å²) >= 11 is 1.09. The van der Waals surface area contributed by atoms with Crippen molar-refractivity contribution in [3.63, 3.8) is 0 Å². The third kappa shape index (κ3) is 2.63. The van der Waals surface area contributed by atoms with E-state index in [1.165, 1.54) is 10.5 Å². The fraction of sp³-hybridized carbons (Fsp3) is 0.0714. The minimum atomic E-state index is -1.04. The molecule has 1 N–H and O–H groups in total. The highest BCUT2D eigenvalue weighted by Gasteiger charge is 2.13. The number of rotatable bonds is 4. The SMILES string of the molecule is O=C(O)c1sccc1OCc1cc(=O)n2ccccc2n1. The standard InChI is InChI=1S/C14H10N2O4S/c17-12-7-9(15-11-3-1-2-5-16(11)12)8-20-10-4-6-21-13(10)14(18)19/h1-7H,8H2,(H,18,19). The molecule has 106 valence electrons. The van der Waals surface area contributed by atoms with Gasteiger partial charge in [-0.25, -0.2) is 9.78 Å². The highest BCUT2D eigenvalue weighted by molar-refractivity contribution is 7.12. The summed E-state index contributed by atoms with van der Waals surface area (Å²) in [5.41, 5.74) is 0.768. The van der Waals surface area contributed by atoms with E-state index in [0.29, 0.717) is 11.3 Å². The zero-order valence-corrected chi connectivity index (χ0v) is 11.5. The van der Waals surface area contributed by atoms with Crippen LogP contribution in [0.5, 0.6) is 5.75 Å². The zero-order chi connectivity index (χ0) is 14.8. The van der Waals surface area contributed by atoms with E-state index in [4.69, 9.17) is 9.84 Å². The number of thiophene rings is 1. The fourth-order valence-corrected chi connectivity index (χ4v) is 2.57. The Labute approximate surface area is 122 Å². The monoisotopic (exact) mass is 302 g/mol. The van der Waals surface area contributed by atoms with Gasteiger partial charge in [0.2, 0.25) is 0 Å². The maximum absolute atomic E-state index is 11.9. The summed E-state index contributed by atoms with van der Waals surface area (Å²) in [4.78, 5) is 27.3. The first kappa shape index (κ1) is 13.3. The summed E-state index contributed by atoms with van der Waals surface area (Å²) in [5.74, 6) is -0.755. The first-order chi connectivity index (χ1) is 10.1. The summed E-state index contributed by atoms with van der Waals surface area (Å²) in [7, 11) is 0. The largest absolute Gasteiger partial charge is 0.485 e. The predicted molar refractivity (Wildman–Crippen MR) is 77.1 cm³/mol. The van der Waals surface area contributed by atoms with E-state index >= 15 is 0 Å². The smallest absolute Gasteiger partial charge is 0.349 e. The van der Waals surface area contributed by atoms with Gasteiger partial charge in [-0.3, -0.25) is 9.20 Å². The van der Waals surface area contributed by atoms with Crippen LogP contribution in [-0.2, 0) is 6.61 Å². The molecule has 3 rings (SSSR count). The van der Waals surface area contributed by atoms with Crippen LogP contribution in [-0.4, -0.2) is 20.5 Å². The van der Waals surface area contributed by atoms with Crippen molar-refractivity contribution in [1.82, 2.24) is 9.38 Å². The van der Waals surface area contributed by atoms with Crippen LogP contribution in [0.25, 0.3) is 5.65 Å². The number of carboxylic acids is 1. The predicted octanol–water partition coefficient (Wildman–Crippen LogP) is 2.03. The zero-order valence-electron chi connectivity index (χ0n) is 10.7. The number of aromatic carboxylic acids is 1. The van der Waals surface area contributed by atoms with E-state index in [1.807, 2.05) is 0 Å². The van der Waals surface area contributed by atoms with Crippen molar-refractivity contribution in [3.8, 4) is 5.75 Å². The summed E-state index contributed by atoms with van der Waals surface area (Å²) in [6, 6.07) is 8.21. The van der Waals surface area contributed by atoms with Crippen LogP contribution in [0.4, 0.5) is 0 Å². The Morgan fingerprint density at radius 1 is 1.38 bits per heavy atom. The number of hydrogen-bond acceptors (Lipinski definition) is 5. The van der Waals surface area contributed by atoms with E-state index in [2.05, 4.69) is 4.98 Å². The molecule has 0 radical (unpaired) electrons. The molecule has 0 spiro atoms. The molecule has 0 aromatic carbocycles. The first-order valence-corrected chi connectivity index (χ1v) is 6.94. The van der Waals surface area contributed by atoms with E-state index in [9.17, 15) is 9.59 Å². The lowest BCUT2D eigenvalue weighted by atomic mass is 10.3. The van der Waals surface area contributed by atoms with Crippen LogP contribution in [0.3, 0.4) is 0 Å². The van der Waals surface area contributed by atoms with E-state index in [-0.39, 0.29) is 22.8 Å². The Bertz CT molecular complexity index is 869. The van der Waals surface area contributed by atoms with Gasteiger partial charge in [-0.05, 0) is 23.6 Å². The van der Waals surface area contributed by atoms with Gasteiger partial charge in [-0.15, -0.1) is 11.3 Å². The number of carbonyl (C=O) groups is 1. The third-order valence-corrected chi connectivity index (χ3v) is 3.71. The van der Waals surface area contributed by atoms with Crippen molar-refractivity contribution in [2.45, 2.75) is 6.61 Å². The maximum Gasteiger partial charge on any atom is 0.349 e. The fourth-order valence-electron chi connectivity index (χ4n) is 1.90. The first-order valence-electron chi connectivity index (χ1n) is 6.06. The van der Waals surface area contributed by atoms with Gasteiger partial charge < -0.3 is 9.84 Å². The number of ether oxygens (including phenoxy) is 1. The van der Waals surface area contributed by atoms with E-state index < -0.39 is 5.97 Å². The lowest BCUT2D eigenvalue weighted by Crippen LogP contribution is -2.16. The average molecular weight is 302 g/mol. The van der Waals surface area contributed by atoms with Crippen molar-refractivity contribution in [3.05, 3.63) is 62.8 Å². The molecule has 0 atom stereocenters. The van der Waals surface area contributed by atoms with Crippen LogP contribution in [0, 0.1) is 0 Å². The Balaban J connectivity index is 1.87. The van der Waals surface area contributed by atoms with Crippen LogP contribution in [0.2, 0.25) is 0 Å². The highest BCUT2D eigenvalue weighted by atomic mass is 32.1. The highest BCUT2D eigenvalue weighted by Crippen LogP contribution is 2.25. The van der Waals surface area contributed by atoms with Gasteiger partial charge in [0, 0.05) is 12.3 Å². The Kier molecular flexibility index (Phi) is 3.41. The molecule has 0 unspecified atom stereocenters. The van der Waals surface area contributed by atoms with Gasteiger partial charge in [0.15, 0.2) is 4.88 Å². The molecule has 0 aliphatic carbocycles. The van der Waals surface area contributed by atoms with Crippen molar-refractivity contribution in [2.24, 2.45) is 0 Å². The molecule has 0 fully saturated rings. The molecule has 7 heteroatoms. The lowest BCUT2D eigenvalue weighted by Gasteiger charge is -2.06. The number of aromatic nitrogens is 2. The van der Waals surface area contributed by atoms with Crippen molar-refractivity contribution < 1.29 is 14.6 Å². The topological polar surface area (TPSA) is 80.9 Å². The van der Waals surface area contributed by atoms with Crippen LogP contribution >= 0.6 is 11.3 Å². The molecule has 0 saturated carbocycles. The van der Waals surface area contributed by atoms with Crippen molar-refractivity contribution >= 4 is 23.0 Å². The molecule has 0 bridgehead atoms. The van der Waals surface area contributed by atoms with Gasteiger partial charge in [-0.2, -0.15) is 0 Å². The molecule has 0 aliphatic heterocycles. The molecule has 0 aliphatic rings. The summed E-state index contributed by atoms with van der Waals surface area (Å²) in [6.45, 7) is 0.0393. The Hall–Kier alpha value is -2.67. The second-order valence-electron chi connectivity index (χ2n) is 4.22. The molecular weight excluding hydrogens is 292 g/mol. The molecule has 0 amide bonds. The number of hydrogen-bond donors (Lipinski definition) is 1. The normalized spacial score (nSPS) is 10.7. The quantitative estimate of drug-likeness (QED) is 0.797. The van der Waals surface area contributed by atoms with Crippen LogP contribution in [0.1, 0.15) is 15.4 Å². The Morgan fingerprint density at radius 3 is 3.05 bits per heavy atom. The number of fused-ring (bicyclic) bond motifs is 1. The molecule has 3 aromatic rings. The van der Waals surface area contributed by atoms with Gasteiger partial charge in [0.05, 0.1) is 5.69 Å².